The van der Waals surface area contributed by atoms with Gasteiger partial charge in [-0.25, -0.2) is 9.97 Å². The highest BCUT2D eigenvalue weighted by Gasteiger charge is 2.28. The van der Waals surface area contributed by atoms with Crippen LogP contribution in [0.5, 0.6) is 0 Å². The van der Waals surface area contributed by atoms with E-state index in [1.165, 1.54) is 32.1 Å². The lowest BCUT2D eigenvalue weighted by molar-refractivity contribution is -0.000309. The topological polar surface area (TPSA) is 35.0 Å². The lowest BCUT2D eigenvalue weighted by atomic mass is 9.85. The van der Waals surface area contributed by atoms with E-state index >= 15 is 0 Å². The maximum Gasteiger partial charge on any atom is 0.159 e. The molecule has 3 nitrogen and oxygen atoms in total. The van der Waals surface area contributed by atoms with E-state index in [9.17, 15) is 0 Å². The molecule has 1 aliphatic rings. The first kappa shape index (κ1) is 15.4. The average Bonchev–Trinajstić information content (AvgIpc) is 2.42. The molecule has 0 N–H and O–H groups in total. The molecule has 0 aliphatic heterocycles. The summed E-state index contributed by atoms with van der Waals surface area (Å²) in [7, 11) is 0. The smallest absolute Gasteiger partial charge is 0.159 e. The predicted molar refractivity (Wildman–Crippen MR) is 85.4 cm³/mol. The SMILES string of the molecule is CCOC(c1nc(C)c(I)c(Cl)n1)C1CCCCC1. The van der Waals surface area contributed by atoms with Gasteiger partial charge in [0, 0.05) is 6.61 Å². The number of hydrogen-bond acceptors (Lipinski definition) is 3. The summed E-state index contributed by atoms with van der Waals surface area (Å²) >= 11 is 8.38. The van der Waals surface area contributed by atoms with Crippen LogP contribution in [0.3, 0.4) is 0 Å². The van der Waals surface area contributed by atoms with Gasteiger partial charge in [-0.2, -0.15) is 0 Å². The molecule has 0 amide bonds. The van der Waals surface area contributed by atoms with E-state index in [1.807, 2.05) is 13.8 Å². The van der Waals surface area contributed by atoms with E-state index < -0.39 is 0 Å². The third-order valence-electron chi connectivity index (χ3n) is 3.67. The molecule has 0 bridgehead atoms. The largest absolute Gasteiger partial charge is 0.370 e. The highest BCUT2D eigenvalue weighted by atomic mass is 127. The molecule has 1 atom stereocenters. The standard InChI is InChI=1S/C14H20ClIN2O/c1-3-19-12(10-7-5-4-6-8-10)14-17-9(2)11(16)13(15)18-14/h10,12H,3-8H2,1-2H3. The molecule has 1 fully saturated rings. The highest BCUT2D eigenvalue weighted by molar-refractivity contribution is 14.1. The van der Waals surface area contributed by atoms with Crippen molar-refractivity contribution in [2.24, 2.45) is 5.92 Å². The number of hydrogen-bond donors (Lipinski definition) is 0. The van der Waals surface area contributed by atoms with E-state index in [-0.39, 0.29) is 6.10 Å². The Bertz CT molecular complexity index is 412. The van der Waals surface area contributed by atoms with Crippen LogP contribution in [-0.4, -0.2) is 16.6 Å². The van der Waals surface area contributed by atoms with Crippen molar-refractivity contribution in [3.63, 3.8) is 0 Å². The van der Waals surface area contributed by atoms with Gasteiger partial charge < -0.3 is 4.74 Å². The molecular weight excluding hydrogens is 375 g/mol. The summed E-state index contributed by atoms with van der Waals surface area (Å²) in [6.07, 6.45) is 6.31. The molecule has 1 aromatic rings. The van der Waals surface area contributed by atoms with Crippen LogP contribution in [0, 0.1) is 16.4 Å². The molecule has 1 aliphatic carbocycles. The summed E-state index contributed by atoms with van der Waals surface area (Å²) in [6, 6.07) is 0. The van der Waals surface area contributed by atoms with Crippen molar-refractivity contribution in [2.45, 2.75) is 52.1 Å². The zero-order valence-corrected chi connectivity index (χ0v) is 14.4. The Balaban J connectivity index is 2.27. The molecule has 1 saturated carbocycles. The lowest BCUT2D eigenvalue weighted by Crippen LogP contribution is -2.22. The molecule has 2 rings (SSSR count). The Morgan fingerprint density at radius 2 is 2.00 bits per heavy atom. The second-order valence-electron chi connectivity index (χ2n) is 5.05. The monoisotopic (exact) mass is 394 g/mol. The first-order chi connectivity index (χ1) is 9.13. The van der Waals surface area contributed by atoms with Gasteiger partial charge in [0.1, 0.15) is 11.3 Å². The van der Waals surface area contributed by atoms with Crippen molar-refractivity contribution in [3.05, 3.63) is 20.2 Å². The Morgan fingerprint density at radius 3 is 2.58 bits per heavy atom. The van der Waals surface area contributed by atoms with Crippen LogP contribution >= 0.6 is 34.2 Å². The van der Waals surface area contributed by atoms with Crippen molar-refractivity contribution < 1.29 is 4.74 Å². The van der Waals surface area contributed by atoms with Crippen LogP contribution in [0.1, 0.15) is 56.7 Å². The van der Waals surface area contributed by atoms with Gasteiger partial charge in [-0.3, -0.25) is 0 Å². The van der Waals surface area contributed by atoms with Crippen molar-refractivity contribution in [3.8, 4) is 0 Å². The predicted octanol–water partition coefficient (Wildman–Crippen LogP) is 4.70. The summed E-state index contributed by atoms with van der Waals surface area (Å²) in [6.45, 7) is 4.69. The summed E-state index contributed by atoms with van der Waals surface area (Å²) in [5.41, 5.74) is 0.941. The minimum Gasteiger partial charge on any atom is -0.370 e. The van der Waals surface area contributed by atoms with E-state index in [1.54, 1.807) is 0 Å². The summed E-state index contributed by atoms with van der Waals surface area (Å²) in [5, 5.41) is 0.545. The molecule has 0 saturated heterocycles. The van der Waals surface area contributed by atoms with E-state index in [4.69, 9.17) is 16.3 Å². The molecule has 19 heavy (non-hydrogen) atoms. The molecule has 0 aromatic carbocycles. The molecule has 1 aromatic heterocycles. The second-order valence-corrected chi connectivity index (χ2v) is 6.48. The fourth-order valence-corrected chi connectivity index (χ4v) is 3.17. The van der Waals surface area contributed by atoms with Crippen molar-refractivity contribution in [1.29, 1.82) is 0 Å². The highest BCUT2D eigenvalue weighted by Crippen LogP contribution is 2.36. The number of halogens is 2. The Kier molecular flexibility index (Phi) is 5.84. The van der Waals surface area contributed by atoms with Crippen LogP contribution in [-0.2, 0) is 4.74 Å². The Morgan fingerprint density at radius 1 is 1.32 bits per heavy atom. The van der Waals surface area contributed by atoms with Gasteiger partial charge in [-0.05, 0) is 55.2 Å². The molecule has 0 radical (unpaired) electrons. The quantitative estimate of drug-likeness (QED) is 0.548. The van der Waals surface area contributed by atoms with Gasteiger partial charge in [0.05, 0.1) is 9.26 Å². The van der Waals surface area contributed by atoms with Gasteiger partial charge >= 0.3 is 0 Å². The Hall–Kier alpha value is 0.0600. The van der Waals surface area contributed by atoms with Gasteiger partial charge in [0.15, 0.2) is 5.82 Å². The van der Waals surface area contributed by atoms with Crippen LogP contribution < -0.4 is 0 Å². The van der Waals surface area contributed by atoms with Crippen molar-refractivity contribution in [1.82, 2.24) is 9.97 Å². The molecular formula is C14H20ClIN2O. The number of aromatic nitrogens is 2. The zero-order valence-electron chi connectivity index (χ0n) is 11.5. The molecule has 1 unspecified atom stereocenters. The zero-order chi connectivity index (χ0) is 13.8. The minimum atomic E-state index is -0.00139. The average molecular weight is 395 g/mol. The van der Waals surface area contributed by atoms with E-state index in [0.29, 0.717) is 17.7 Å². The maximum absolute atomic E-state index is 6.19. The number of ether oxygens (including phenoxy) is 1. The van der Waals surface area contributed by atoms with Gasteiger partial charge in [0.2, 0.25) is 0 Å². The molecule has 0 spiro atoms. The fourth-order valence-electron chi connectivity index (χ4n) is 2.71. The minimum absolute atomic E-state index is 0.00139. The number of nitrogens with zero attached hydrogens (tertiary/aromatic N) is 2. The molecule has 106 valence electrons. The van der Waals surface area contributed by atoms with Crippen LogP contribution in [0.2, 0.25) is 5.15 Å². The summed E-state index contributed by atoms with van der Waals surface area (Å²) in [4.78, 5) is 9.05. The van der Waals surface area contributed by atoms with Gasteiger partial charge in [0.25, 0.3) is 0 Å². The van der Waals surface area contributed by atoms with E-state index in [2.05, 4.69) is 32.6 Å². The second kappa shape index (κ2) is 7.18. The normalized spacial score (nSPS) is 18.5. The third kappa shape index (κ3) is 3.79. The van der Waals surface area contributed by atoms with Crippen LogP contribution in [0.4, 0.5) is 0 Å². The van der Waals surface area contributed by atoms with Gasteiger partial charge in [-0.1, -0.05) is 30.9 Å². The first-order valence-electron chi connectivity index (χ1n) is 6.94. The van der Waals surface area contributed by atoms with Crippen LogP contribution in [0.25, 0.3) is 0 Å². The maximum atomic E-state index is 6.19. The van der Waals surface area contributed by atoms with Crippen molar-refractivity contribution >= 4 is 34.2 Å². The summed E-state index contributed by atoms with van der Waals surface area (Å²) in [5.74, 6) is 1.29. The van der Waals surface area contributed by atoms with Gasteiger partial charge in [-0.15, -0.1) is 0 Å². The van der Waals surface area contributed by atoms with Crippen LogP contribution in [0.15, 0.2) is 0 Å². The number of aryl methyl sites for hydroxylation is 1. The fraction of sp³-hybridized carbons (Fsp3) is 0.714. The number of rotatable bonds is 4. The third-order valence-corrected chi connectivity index (χ3v) is 5.56. The lowest BCUT2D eigenvalue weighted by Gasteiger charge is -2.29. The first-order valence-corrected chi connectivity index (χ1v) is 8.40. The van der Waals surface area contributed by atoms with E-state index in [0.717, 1.165) is 15.1 Å². The Labute approximate surface area is 133 Å². The molecule has 5 heteroatoms. The molecule has 1 heterocycles. The summed E-state index contributed by atoms with van der Waals surface area (Å²) < 4.78 is 6.86. The van der Waals surface area contributed by atoms with Crippen molar-refractivity contribution in [2.75, 3.05) is 6.61 Å².